The van der Waals surface area contributed by atoms with Gasteiger partial charge in [0.2, 0.25) is 0 Å². The molecule has 28 heavy (non-hydrogen) atoms. The minimum atomic E-state index is -0.295. The van der Waals surface area contributed by atoms with E-state index in [1.165, 1.54) is 0 Å². The van der Waals surface area contributed by atoms with E-state index in [0.717, 1.165) is 0 Å². The highest BCUT2D eigenvalue weighted by Gasteiger charge is 2.09. The Morgan fingerprint density at radius 1 is 0.786 bits per heavy atom. The molecule has 0 aromatic heterocycles. The number of ether oxygens (including phenoxy) is 1. The summed E-state index contributed by atoms with van der Waals surface area (Å²) in [5.41, 5.74) is 1.63. The summed E-state index contributed by atoms with van der Waals surface area (Å²) in [6.07, 6.45) is 0. The van der Waals surface area contributed by atoms with Gasteiger partial charge in [0, 0.05) is 23.5 Å². The van der Waals surface area contributed by atoms with Crippen molar-refractivity contribution in [2.45, 2.75) is 6.92 Å². The number of hydrogen-bond acceptors (Lipinski definition) is 3. The van der Waals surface area contributed by atoms with Crippen LogP contribution in [0.4, 0.5) is 16.2 Å². The first-order valence-electron chi connectivity index (χ1n) is 8.93. The highest BCUT2D eigenvalue weighted by atomic mass is 16.5. The maximum absolute atomic E-state index is 12.6. The van der Waals surface area contributed by atoms with Crippen molar-refractivity contribution in [3.63, 3.8) is 0 Å². The average Bonchev–Trinajstić information content (AvgIpc) is 2.69. The van der Waals surface area contributed by atoms with E-state index in [-0.39, 0.29) is 11.9 Å². The van der Waals surface area contributed by atoms with Crippen LogP contribution in [-0.2, 0) is 0 Å². The molecular weight excluding hydrogens is 354 g/mol. The lowest BCUT2D eigenvalue weighted by molar-refractivity contribution is 0.102. The number of hydrogen-bond donors (Lipinski definition) is 3. The molecule has 0 atom stereocenters. The van der Waals surface area contributed by atoms with Crippen molar-refractivity contribution in [1.82, 2.24) is 5.32 Å². The van der Waals surface area contributed by atoms with E-state index >= 15 is 0 Å². The SMILES string of the molecule is CCNC(=O)Nc1cccc(NC(=O)c2cccc(Oc3ccccc3)c2)c1. The number of anilines is 2. The summed E-state index contributed by atoms with van der Waals surface area (Å²) in [4.78, 5) is 24.2. The third-order valence-corrected chi connectivity index (χ3v) is 3.79. The number of carbonyl (C=O) groups excluding carboxylic acids is 2. The lowest BCUT2D eigenvalue weighted by Crippen LogP contribution is -2.28. The van der Waals surface area contributed by atoms with Gasteiger partial charge in [-0.15, -0.1) is 0 Å². The molecule has 0 saturated heterocycles. The predicted molar refractivity (Wildman–Crippen MR) is 110 cm³/mol. The van der Waals surface area contributed by atoms with Gasteiger partial charge in [-0.05, 0) is 55.5 Å². The van der Waals surface area contributed by atoms with E-state index in [0.29, 0.717) is 35.0 Å². The lowest BCUT2D eigenvalue weighted by Gasteiger charge is -2.10. The van der Waals surface area contributed by atoms with E-state index in [1.807, 2.05) is 37.3 Å². The number of urea groups is 1. The summed E-state index contributed by atoms with van der Waals surface area (Å²) in [7, 11) is 0. The summed E-state index contributed by atoms with van der Waals surface area (Å²) >= 11 is 0. The zero-order valence-corrected chi connectivity index (χ0v) is 15.4. The monoisotopic (exact) mass is 375 g/mol. The Morgan fingerprint density at radius 3 is 2.21 bits per heavy atom. The van der Waals surface area contributed by atoms with Crippen molar-refractivity contribution in [1.29, 1.82) is 0 Å². The number of nitrogens with one attached hydrogen (secondary N) is 3. The molecule has 3 amide bonds. The van der Waals surface area contributed by atoms with Crippen LogP contribution in [0.15, 0.2) is 78.9 Å². The van der Waals surface area contributed by atoms with Crippen LogP contribution in [0.3, 0.4) is 0 Å². The Balaban J connectivity index is 1.68. The molecular formula is C22H21N3O3. The molecule has 0 aliphatic heterocycles. The van der Waals surface area contributed by atoms with Crippen molar-refractivity contribution >= 4 is 23.3 Å². The van der Waals surface area contributed by atoms with Crippen molar-refractivity contribution < 1.29 is 14.3 Å². The molecule has 3 N–H and O–H groups in total. The first-order chi connectivity index (χ1) is 13.6. The lowest BCUT2D eigenvalue weighted by atomic mass is 10.2. The van der Waals surface area contributed by atoms with Gasteiger partial charge in [0.15, 0.2) is 0 Å². The molecule has 6 nitrogen and oxygen atoms in total. The van der Waals surface area contributed by atoms with Crippen LogP contribution in [0.1, 0.15) is 17.3 Å². The summed E-state index contributed by atoms with van der Waals surface area (Å²) in [6, 6.07) is 23.0. The van der Waals surface area contributed by atoms with E-state index in [4.69, 9.17) is 4.74 Å². The fourth-order valence-corrected chi connectivity index (χ4v) is 2.54. The van der Waals surface area contributed by atoms with Gasteiger partial charge >= 0.3 is 6.03 Å². The third kappa shape index (κ3) is 5.35. The van der Waals surface area contributed by atoms with E-state index < -0.39 is 0 Å². The van der Waals surface area contributed by atoms with Crippen molar-refractivity contribution in [3.05, 3.63) is 84.4 Å². The number of benzene rings is 3. The standard InChI is InChI=1S/C22H21N3O3/c1-2-23-22(27)25-18-10-7-9-17(15-18)24-21(26)16-8-6-13-20(14-16)28-19-11-4-3-5-12-19/h3-15H,2H2,1H3,(H,24,26)(H2,23,25,27). The molecule has 0 spiro atoms. The highest BCUT2D eigenvalue weighted by Crippen LogP contribution is 2.23. The fraction of sp³-hybridized carbons (Fsp3) is 0.0909. The molecule has 0 unspecified atom stereocenters. The van der Waals surface area contributed by atoms with Gasteiger partial charge in [-0.25, -0.2) is 4.79 Å². The maximum Gasteiger partial charge on any atom is 0.319 e. The van der Waals surface area contributed by atoms with Gasteiger partial charge in [0.25, 0.3) is 5.91 Å². The molecule has 0 saturated carbocycles. The van der Waals surface area contributed by atoms with Crippen LogP contribution < -0.4 is 20.7 Å². The van der Waals surface area contributed by atoms with Gasteiger partial charge < -0.3 is 20.7 Å². The average molecular weight is 375 g/mol. The zero-order chi connectivity index (χ0) is 19.8. The second-order valence-corrected chi connectivity index (χ2v) is 5.96. The first kappa shape index (κ1) is 19.0. The number of para-hydroxylation sites is 1. The minimum absolute atomic E-state index is 0.270. The smallest absolute Gasteiger partial charge is 0.319 e. The van der Waals surface area contributed by atoms with Gasteiger partial charge in [-0.2, -0.15) is 0 Å². The molecule has 3 rings (SSSR count). The minimum Gasteiger partial charge on any atom is -0.457 e. The Bertz CT molecular complexity index is 958. The summed E-state index contributed by atoms with van der Waals surface area (Å²) in [5.74, 6) is 1.00. The maximum atomic E-state index is 12.6. The molecule has 142 valence electrons. The van der Waals surface area contributed by atoms with Crippen LogP contribution in [-0.4, -0.2) is 18.5 Å². The van der Waals surface area contributed by atoms with Crippen LogP contribution in [0.2, 0.25) is 0 Å². The van der Waals surface area contributed by atoms with Gasteiger partial charge in [0.1, 0.15) is 11.5 Å². The molecule has 3 aromatic carbocycles. The molecule has 0 fully saturated rings. The molecule has 0 aliphatic carbocycles. The molecule has 3 aromatic rings. The quantitative estimate of drug-likeness (QED) is 0.575. The van der Waals surface area contributed by atoms with Gasteiger partial charge in [-0.1, -0.05) is 30.3 Å². The van der Waals surface area contributed by atoms with Gasteiger partial charge in [-0.3, -0.25) is 4.79 Å². The Kier molecular flexibility index (Phi) is 6.25. The normalized spacial score (nSPS) is 10.0. The topological polar surface area (TPSA) is 79.5 Å². The van der Waals surface area contributed by atoms with Crippen LogP contribution >= 0.6 is 0 Å². The number of rotatable bonds is 6. The molecule has 0 heterocycles. The molecule has 0 radical (unpaired) electrons. The molecule has 0 aliphatic rings. The summed E-state index contributed by atoms with van der Waals surface area (Å²) in [5, 5.41) is 8.19. The second kappa shape index (κ2) is 9.23. The van der Waals surface area contributed by atoms with Crippen molar-refractivity contribution in [3.8, 4) is 11.5 Å². The second-order valence-electron chi connectivity index (χ2n) is 5.96. The third-order valence-electron chi connectivity index (χ3n) is 3.79. The van der Waals surface area contributed by atoms with Crippen molar-refractivity contribution in [2.24, 2.45) is 0 Å². The zero-order valence-electron chi connectivity index (χ0n) is 15.4. The largest absolute Gasteiger partial charge is 0.457 e. The number of amides is 3. The fourth-order valence-electron chi connectivity index (χ4n) is 2.54. The Hall–Kier alpha value is -3.80. The summed E-state index contributed by atoms with van der Waals surface area (Å²) < 4.78 is 5.77. The van der Waals surface area contributed by atoms with Crippen LogP contribution in [0, 0.1) is 0 Å². The van der Waals surface area contributed by atoms with Crippen LogP contribution in [0.25, 0.3) is 0 Å². The highest BCUT2D eigenvalue weighted by molar-refractivity contribution is 6.05. The Labute approximate surface area is 163 Å². The predicted octanol–water partition coefficient (Wildman–Crippen LogP) is 4.87. The number of carbonyl (C=O) groups is 2. The molecule has 0 bridgehead atoms. The Morgan fingerprint density at radius 2 is 1.46 bits per heavy atom. The van der Waals surface area contributed by atoms with Crippen LogP contribution in [0.5, 0.6) is 11.5 Å². The first-order valence-corrected chi connectivity index (χ1v) is 8.93. The van der Waals surface area contributed by atoms with E-state index in [9.17, 15) is 9.59 Å². The molecule has 6 heteroatoms. The van der Waals surface area contributed by atoms with Gasteiger partial charge in [0.05, 0.1) is 0 Å². The van der Waals surface area contributed by atoms with E-state index in [2.05, 4.69) is 16.0 Å². The van der Waals surface area contributed by atoms with E-state index in [1.54, 1.807) is 48.5 Å². The summed E-state index contributed by atoms with van der Waals surface area (Å²) in [6.45, 7) is 2.37. The van der Waals surface area contributed by atoms with Crippen molar-refractivity contribution in [2.75, 3.05) is 17.2 Å².